The smallest absolute Gasteiger partial charge is 0.198 e. The lowest BCUT2D eigenvalue weighted by molar-refractivity contribution is 0.660. The maximum Gasteiger partial charge on any atom is 0.198 e. The molecule has 0 fully saturated rings. The second-order valence-corrected chi connectivity index (χ2v) is 15.4. The summed E-state index contributed by atoms with van der Waals surface area (Å²) >= 11 is 0. The minimum atomic E-state index is -0.155. The van der Waals surface area contributed by atoms with Crippen molar-refractivity contribution in [2.24, 2.45) is 0 Å². The van der Waals surface area contributed by atoms with Crippen LogP contribution < -0.4 is 21.1 Å². The number of fused-ring (bicyclic) bond motifs is 8. The summed E-state index contributed by atoms with van der Waals surface area (Å²) in [4.78, 5) is 2.46. The van der Waals surface area contributed by atoms with Gasteiger partial charge in [-0.25, -0.2) is 0 Å². The van der Waals surface area contributed by atoms with Gasteiger partial charge < -0.3 is 14.8 Å². The average molecular weight is 704 g/mol. The molecule has 0 saturated carbocycles. The van der Waals surface area contributed by atoms with Crippen LogP contribution in [0.4, 0.5) is 28.4 Å². The SMILES string of the molecule is CC1(C)c2ccccc2-c2cc(Nc3ccccc3)c(-c3cc(N(c4ccccc4)c4ccccc4)c4c5ccccc5n5c4c3Bc3ccccc3-5)cc21. The highest BCUT2D eigenvalue weighted by molar-refractivity contribution is 6.73. The van der Waals surface area contributed by atoms with Gasteiger partial charge in [-0.15, -0.1) is 0 Å². The predicted molar refractivity (Wildman–Crippen MR) is 235 cm³/mol. The molecular formula is C51H38BN3. The Kier molecular flexibility index (Phi) is 6.99. The molecule has 1 aromatic heterocycles. The molecule has 2 aliphatic rings. The number of benzene rings is 8. The molecule has 9 aromatic rings. The third-order valence-electron chi connectivity index (χ3n) is 12.0. The first kappa shape index (κ1) is 31.7. The van der Waals surface area contributed by atoms with E-state index in [9.17, 15) is 0 Å². The van der Waals surface area contributed by atoms with Crippen LogP contribution in [0.5, 0.6) is 0 Å². The van der Waals surface area contributed by atoms with Crippen LogP contribution in [0.3, 0.4) is 0 Å². The van der Waals surface area contributed by atoms with Gasteiger partial charge in [0.1, 0.15) is 0 Å². The van der Waals surface area contributed by atoms with Crippen molar-refractivity contribution in [2.45, 2.75) is 19.3 Å². The van der Waals surface area contributed by atoms with E-state index >= 15 is 0 Å². The zero-order chi connectivity index (χ0) is 36.7. The predicted octanol–water partition coefficient (Wildman–Crippen LogP) is 11.7. The monoisotopic (exact) mass is 703 g/mol. The largest absolute Gasteiger partial charge is 0.355 e. The number of aromatic nitrogens is 1. The highest BCUT2D eigenvalue weighted by Crippen LogP contribution is 2.53. The fourth-order valence-electron chi connectivity index (χ4n) is 9.46. The Balaban J connectivity index is 1.30. The summed E-state index contributed by atoms with van der Waals surface area (Å²) in [6.45, 7) is 4.76. The lowest BCUT2D eigenvalue weighted by Crippen LogP contribution is -2.37. The topological polar surface area (TPSA) is 20.2 Å². The van der Waals surface area contributed by atoms with Crippen molar-refractivity contribution in [1.82, 2.24) is 4.57 Å². The van der Waals surface area contributed by atoms with E-state index in [-0.39, 0.29) is 5.41 Å². The first-order valence-electron chi connectivity index (χ1n) is 19.2. The number of hydrogen-bond acceptors (Lipinski definition) is 2. The van der Waals surface area contributed by atoms with E-state index in [1.54, 1.807) is 0 Å². The highest BCUT2D eigenvalue weighted by atomic mass is 15.1. The van der Waals surface area contributed by atoms with Crippen LogP contribution in [0.2, 0.25) is 0 Å². The minimum absolute atomic E-state index is 0.155. The van der Waals surface area contributed by atoms with Gasteiger partial charge >= 0.3 is 0 Å². The van der Waals surface area contributed by atoms with E-state index < -0.39 is 0 Å². The van der Waals surface area contributed by atoms with Crippen molar-refractivity contribution in [3.8, 4) is 27.9 Å². The van der Waals surface area contributed by atoms with E-state index in [0.717, 1.165) is 35.7 Å². The lowest BCUT2D eigenvalue weighted by Gasteiger charge is -2.30. The molecule has 0 amide bonds. The fraction of sp³-hybridized carbons (Fsp3) is 0.0588. The van der Waals surface area contributed by atoms with Crippen LogP contribution in [0, 0.1) is 0 Å². The van der Waals surface area contributed by atoms with Gasteiger partial charge in [-0.2, -0.15) is 0 Å². The molecule has 3 nitrogen and oxygen atoms in total. The summed E-state index contributed by atoms with van der Waals surface area (Å²) in [5.74, 6) is 0. The van der Waals surface area contributed by atoms with Crippen LogP contribution in [-0.2, 0) is 5.41 Å². The molecule has 4 heteroatoms. The number of nitrogens with zero attached hydrogens (tertiary/aromatic N) is 2. The number of nitrogens with one attached hydrogen (secondary N) is 1. The van der Waals surface area contributed by atoms with E-state index in [4.69, 9.17) is 0 Å². The van der Waals surface area contributed by atoms with Crippen molar-refractivity contribution in [2.75, 3.05) is 10.2 Å². The van der Waals surface area contributed by atoms with Crippen molar-refractivity contribution in [3.63, 3.8) is 0 Å². The van der Waals surface area contributed by atoms with Gasteiger partial charge in [-0.3, -0.25) is 0 Å². The summed E-state index contributed by atoms with van der Waals surface area (Å²) in [6, 6.07) is 66.6. The van der Waals surface area contributed by atoms with Crippen molar-refractivity contribution in [3.05, 3.63) is 193 Å². The maximum atomic E-state index is 3.93. The first-order chi connectivity index (χ1) is 27.1. The van der Waals surface area contributed by atoms with Gasteiger partial charge in [0, 0.05) is 50.2 Å². The van der Waals surface area contributed by atoms with Crippen molar-refractivity contribution >= 4 is 68.4 Å². The average Bonchev–Trinajstić information content (AvgIpc) is 3.69. The molecule has 0 spiro atoms. The molecule has 260 valence electrons. The Morgan fingerprint density at radius 2 is 1.18 bits per heavy atom. The van der Waals surface area contributed by atoms with Crippen LogP contribution in [-0.4, -0.2) is 11.8 Å². The second kappa shape index (κ2) is 12.1. The molecule has 1 N–H and O–H groups in total. The zero-order valence-corrected chi connectivity index (χ0v) is 30.9. The molecule has 0 unspecified atom stereocenters. The molecule has 8 aromatic carbocycles. The van der Waals surface area contributed by atoms with E-state index in [0.29, 0.717) is 0 Å². The first-order valence-corrected chi connectivity index (χ1v) is 19.2. The molecule has 11 rings (SSSR count). The van der Waals surface area contributed by atoms with E-state index in [2.05, 4.69) is 211 Å². The van der Waals surface area contributed by atoms with Crippen LogP contribution >= 0.6 is 0 Å². The molecular weight excluding hydrogens is 665 g/mol. The molecule has 0 bridgehead atoms. The van der Waals surface area contributed by atoms with Gasteiger partial charge in [0.2, 0.25) is 0 Å². The standard InChI is InChI=1S/C51H38BN3/c1-51(2)41-26-14-12-24-36(41)38-31-44(53-33-18-6-3-7-19-33)39(30-42(38)51)40-32-47(54(34-20-8-4-9-21-34)35-22-10-5-11-23-35)48-37-25-13-16-28-45(37)55-46-29-17-15-27-43(46)52-49(40)50(48)55/h3-32,52-53H,1-2H3. The molecule has 0 atom stereocenters. The molecule has 1 aliphatic carbocycles. The summed E-state index contributed by atoms with van der Waals surface area (Å²) < 4.78 is 2.54. The fourth-order valence-corrected chi connectivity index (χ4v) is 9.46. The Bertz CT molecular complexity index is 2910. The minimum Gasteiger partial charge on any atom is -0.355 e. The Labute approximate surface area is 322 Å². The Morgan fingerprint density at radius 1 is 0.545 bits per heavy atom. The third-order valence-corrected chi connectivity index (χ3v) is 12.0. The number of hydrogen-bond donors (Lipinski definition) is 1. The van der Waals surface area contributed by atoms with Gasteiger partial charge in [0.15, 0.2) is 7.28 Å². The molecule has 1 aliphatic heterocycles. The van der Waals surface area contributed by atoms with Gasteiger partial charge in [0.05, 0.1) is 16.7 Å². The van der Waals surface area contributed by atoms with Crippen LogP contribution in [0.1, 0.15) is 25.0 Å². The Hall–Kier alpha value is -6.78. The maximum absolute atomic E-state index is 3.93. The lowest BCUT2D eigenvalue weighted by atomic mass is 9.59. The van der Waals surface area contributed by atoms with Crippen molar-refractivity contribution in [1.29, 1.82) is 0 Å². The second-order valence-electron chi connectivity index (χ2n) is 15.4. The van der Waals surface area contributed by atoms with Gasteiger partial charge in [0.25, 0.3) is 0 Å². The highest BCUT2D eigenvalue weighted by Gasteiger charge is 2.37. The normalized spacial score (nSPS) is 13.2. The summed E-state index contributed by atoms with van der Waals surface area (Å²) in [5.41, 5.74) is 19.6. The van der Waals surface area contributed by atoms with Crippen molar-refractivity contribution < 1.29 is 0 Å². The van der Waals surface area contributed by atoms with Crippen LogP contribution in [0.15, 0.2) is 182 Å². The number of rotatable bonds is 6. The molecule has 0 saturated heterocycles. The number of para-hydroxylation sites is 5. The quantitative estimate of drug-likeness (QED) is 0.174. The molecule has 55 heavy (non-hydrogen) atoms. The van der Waals surface area contributed by atoms with E-state index in [1.807, 2.05) is 0 Å². The van der Waals surface area contributed by atoms with Crippen LogP contribution in [0.25, 0.3) is 49.7 Å². The summed E-state index contributed by atoms with van der Waals surface area (Å²) in [5, 5.41) is 6.45. The molecule has 2 heterocycles. The summed E-state index contributed by atoms with van der Waals surface area (Å²) in [6.07, 6.45) is 0. The Morgan fingerprint density at radius 3 is 1.95 bits per heavy atom. The molecule has 0 radical (unpaired) electrons. The summed E-state index contributed by atoms with van der Waals surface area (Å²) in [7, 11) is 0.834. The van der Waals surface area contributed by atoms with Gasteiger partial charge in [-0.05, 0) is 100 Å². The third kappa shape index (κ3) is 4.78. The number of anilines is 5. The van der Waals surface area contributed by atoms with Gasteiger partial charge in [-0.1, -0.05) is 135 Å². The van der Waals surface area contributed by atoms with E-state index in [1.165, 1.54) is 71.8 Å². The zero-order valence-electron chi connectivity index (χ0n) is 30.9.